The molecule has 0 atom stereocenters. The Labute approximate surface area is 120 Å². The molecule has 0 N–H and O–H groups in total. The van der Waals surface area contributed by atoms with E-state index in [-0.39, 0.29) is 17.2 Å². The fourth-order valence-corrected chi connectivity index (χ4v) is 2.57. The van der Waals surface area contributed by atoms with Crippen molar-refractivity contribution in [3.05, 3.63) is 57.9 Å². The number of hydrogen-bond donors (Lipinski definition) is 0. The predicted molar refractivity (Wildman–Crippen MR) is 73.5 cm³/mol. The molecule has 2 aromatic rings. The standard InChI is InChI=1S/C15H12ClFN2O/c16-11-4-1-3-9(15(11)17)7-14-18-8-10-12(19-14)5-2-6-13(10)20/h1,3-4,8H,2,5-7H2. The smallest absolute Gasteiger partial charge is 0.166 e. The van der Waals surface area contributed by atoms with Gasteiger partial charge in [-0.25, -0.2) is 14.4 Å². The molecular formula is C15H12ClFN2O. The lowest BCUT2D eigenvalue weighted by Crippen LogP contribution is -2.15. The molecule has 1 aliphatic carbocycles. The molecule has 0 fully saturated rings. The predicted octanol–water partition coefficient (Wildman–Crippen LogP) is 3.38. The zero-order valence-electron chi connectivity index (χ0n) is 10.7. The summed E-state index contributed by atoms with van der Waals surface area (Å²) in [6.45, 7) is 0. The van der Waals surface area contributed by atoms with Crippen LogP contribution in [0.2, 0.25) is 5.02 Å². The van der Waals surface area contributed by atoms with E-state index in [1.54, 1.807) is 18.3 Å². The molecule has 0 spiro atoms. The molecular weight excluding hydrogens is 279 g/mol. The minimum Gasteiger partial charge on any atom is -0.294 e. The Hall–Kier alpha value is -1.81. The van der Waals surface area contributed by atoms with Gasteiger partial charge < -0.3 is 0 Å². The highest BCUT2D eigenvalue weighted by atomic mass is 35.5. The van der Waals surface area contributed by atoms with Crippen LogP contribution in [0, 0.1) is 5.82 Å². The third-order valence-corrected chi connectivity index (χ3v) is 3.71. The van der Waals surface area contributed by atoms with Gasteiger partial charge in [0.05, 0.1) is 16.3 Å². The molecule has 0 saturated carbocycles. The SMILES string of the molecule is O=C1CCCc2nc(Cc3cccc(Cl)c3F)ncc21. The number of hydrogen-bond acceptors (Lipinski definition) is 3. The first-order valence-electron chi connectivity index (χ1n) is 6.46. The number of nitrogens with zero attached hydrogens (tertiary/aromatic N) is 2. The molecule has 1 heterocycles. The Balaban J connectivity index is 1.92. The van der Waals surface area contributed by atoms with Crippen molar-refractivity contribution in [2.45, 2.75) is 25.7 Å². The van der Waals surface area contributed by atoms with Gasteiger partial charge in [0.25, 0.3) is 0 Å². The molecule has 0 amide bonds. The Bertz CT molecular complexity index is 688. The molecule has 3 nitrogen and oxygen atoms in total. The van der Waals surface area contributed by atoms with Crippen LogP contribution in [0.15, 0.2) is 24.4 Å². The van der Waals surface area contributed by atoms with E-state index >= 15 is 0 Å². The molecule has 20 heavy (non-hydrogen) atoms. The molecule has 1 aliphatic rings. The monoisotopic (exact) mass is 290 g/mol. The maximum atomic E-state index is 13.8. The number of carbonyl (C=O) groups excluding carboxylic acids is 1. The largest absolute Gasteiger partial charge is 0.294 e. The number of fused-ring (bicyclic) bond motifs is 1. The topological polar surface area (TPSA) is 42.9 Å². The second-order valence-corrected chi connectivity index (χ2v) is 5.22. The van der Waals surface area contributed by atoms with Crippen LogP contribution in [0.25, 0.3) is 0 Å². The average molecular weight is 291 g/mol. The molecule has 0 bridgehead atoms. The second kappa shape index (κ2) is 5.29. The van der Waals surface area contributed by atoms with Crippen LogP contribution in [-0.4, -0.2) is 15.8 Å². The summed E-state index contributed by atoms with van der Waals surface area (Å²) in [6.07, 6.45) is 3.97. The molecule has 3 rings (SSSR count). The Morgan fingerprint density at radius 2 is 2.15 bits per heavy atom. The third-order valence-electron chi connectivity index (χ3n) is 3.42. The van der Waals surface area contributed by atoms with Crippen molar-refractivity contribution in [2.75, 3.05) is 0 Å². The number of aryl methyl sites for hydroxylation is 1. The number of aromatic nitrogens is 2. The fourth-order valence-electron chi connectivity index (χ4n) is 2.37. The quantitative estimate of drug-likeness (QED) is 0.851. The Kier molecular flexibility index (Phi) is 3.49. The van der Waals surface area contributed by atoms with Crippen molar-refractivity contribution in [2.24, 2.45) is 0 Å². The molecule has 5 heteroatoms. The maximum Gasteiger partial charge on any atom is 0.166 e. The van der Waals surface area contributed by atoms with Crippen molar-refractivity contribution in [1.29, 1.82) is 0 Å². The van der Waals surface area contributed by atoms with Gasteiger partial charge in [-0.15, -0.1) is 0 Å². The molecule has 1 aromatic carbocycles. The third kappa shape index (κ3) is 2.43. The molecule has 0 saturated heterocycles. The van der Waals surface area contributed by atoms with Gasteiger partial charge in [0.1, 0.15) is 11.6 Å². The summed E-state index contributed by atoms with van der Waals surface area (Å²) in [7, 11) is 0. The summed E-state index contributed by atoms with van der Waals surface area (Å²) in [6, 6.07) is 4.87. The number of ketones is 1. The van der Waals surface area contributed by atoms with E-state index in [0.717, 1.165) is 18.5 Å². The van der Waals surface area contributed by atoms with Crippen molar-refractivity contribution >= 4 is 17.4 Å². The Morgan fingerprint density at radius 1 is 1.30 bits per heavy atom. The lowest BCUT2D eigenvalue weighted by Gasteiger charge is -2.14. The number of benzene rings is 1. The van der Waals surface area contributed by atoms with Crippen LogP contribution in [0.4, 0.5) is 4.39 Å². The number of Topliss-reactive ketones (excluding diaryl/α,β-unsaturated/α-hetero) is 1. The molecule has 102 valence electrons. The summed E-state index contributed by atoms with van der Waals surface area (Å²) in [5.41, 5.74) is 1.83. The zero-order valence-corrected chi connectivity index (χ0v) is 11.5. The lowest BCUT2D eigenvalue weighted by molar-refractivity contribution is 0.0971. The van der Waals surface area contributed by atoms with Gasteiger partial charge in [-0.05, 0) is 24.5 Å². The van der Waals surface area contributed by atoms with E-state index in [1.807, 2.05) is 0 Å². The highest BCUT2D eigenvalue weighted by molar-refractivity contribution is 6.30. The first kappa shape index (κ1) is 13.2. The van der Waals surface area contributed by atoms with E-state index in [9.17, 15) is 9.18 Å². The van der Waals surface area contributed by atoms with Crippen molar-refractivity contribution < 1.29 is 9.18 Å². The average Bonchev–Trinajstić information content (AvgIpc) is 2.44. The molecule has 0 aliphatic heterocycles. The summed E-state index contributed by atoms with van der Waals surface area (Å²) in [5.74, 6) is 0.165. The van der Waals surface area contributed by atoms with Gasteiger partial charge in [0.2, 0.25) is 0 Å². The number of rotatable bonds is 2. The van der Waals surface area contributed by atoms with Crippen molar-refractivity contribution in [3.8, 4) is 0 Å². The van der Waals surface area contributed by atoms with E-state index in [1.165, 1.54) is 6.07 Å². The maximum absolute atomic E-state index is 13.8. The van der Waals surface area contributed by atoms with Crippen LogP contribution >= 0.6 is 11.6 Å². The van der Waals surface area contributed by atoms with Crippen LogP contribution in [0.5, 0.6) is 0 Å². The zero-order chi connectivity index (χ0) is 14.1. The highest BCUT2D eigenvalue weighted by Crippen LogP contribution is 2.22. The molecule has 0 radical (unpaired) electrons. The van der Waals surface area contributed by atoms with Crippen LogP contribution in [-0.2, 0) is 12.8 Å². The minimum atomic E-state index is -0.438. The fraction of sp³-hybridized carbons (Fsp3) is 0.267. The van der Waals surface area contributed by atoms with E-state index in [4.69, 9.17) is 11.6 Å². The molecule has 1 aromatic heterocycles. The first-order chi connectivity index (χ1) is 9.65. The summed E-state index contributed by atoms with van der Waals surface area (Å²) >= 11 is 5.75. The van der Waals surface area contributed by atoms with Gasteiger partial charge in [-0.2, -0.15) is 0 Å². The van der Waals surface area contributed by atoms with Gasteiger partial charge in [0, 0.05) is 19.0 Å². The number of halogens is 2. The van der Waals surface area contributed by atoms with E-state index in [2.05, 4.69) is 9.97 Å². The molecule has 0 unspecified atom stereocenters. The van der Waals surface area contributed by atoms with Gasteiger partial charge in [-0.1, -0.05) is 23.7 Å². The van der Waals surface area contributed by atoms with E-state index in [0.29, 0.717) is 23.4 Å². The van der Waals surface area contributed by atoms with Gasteiger partial charge in [0.15, 0.2) is 5.78 Å². The van der Waals surface area contributed by atoms with Gasteiger partial charge in [-0.3, -0.25) is 4.79 Å². The van der Waals surface area contributed by atoms with Gasteiger partial charge >= 0.3 is 0 Å². The highest BCUT2D eigenvalue weighted by Gasteiger charge is 2.19. The first-order valence-corrected chi connectivity index (χ1v) is 6.84. The second-order valence-electron chi connectivity index (χ2n) is 4.81. The van der Waals surface area contributed by atoms with E-state index < -0.39 is 5.82 Å². The summed E-state index contributed by atoms with van der Waals surface area (Å²) < 4.78 is 13.8. The summed E-state index contributed by atoms with van der Waals surface area (Å²) in [5, 5.41) is 0.0932. The van der Waals surface area contributed by atoms with Crippen LogP contribution in [0.1, 0.15) is 40.3 Å². The number of carbonyl (C=O) groups is 1. The minimum absolute atomic E-state index is 0.0896. The Morgan fingerprint density at radius 3 is 3.00 bits per heavy atom. The summed E-state index contributed by atoms with van der Waals surface area (Å²) in [4.78, 5) is 20.3. The van der Waals surface area contributed by atoms with Crippen molar-refractivity contribution in [3.63, 3.8) is 0 Å². The van der Waals surface area contributed by atoms with Crippen LogP contribution < -0.4 is 0 Å². The lowest BCUT2D eigenvalue weighted by atomic mass is 9.96. The van der Waals surface area contributed by atoms with Crippen molar-refractivity contribution in [1.82, 2.24) is 9.97 Å². The normalized spacial score (nSPS) is 14.2. The van der Waals surface area contributed by atoms with Crippen LogP contribution in [0.3, 0.4) is 0 Å².